The van der Waals surface area contributed by atoms with Gasteiger partial charge >= 0.3 is 0 Å². The van der Waals surface area contributed by atoms with Crippen molar-refractivity contribution in [3.8, 4) is 5.75 Å². The SMILES string of the molecule is CS(=O)(=O)N1CC[C@@H](Oc2ccc(C=O)cc2N=O)C1. The fraction of sp³-hybridized carbons (Fsp3) is 0.417. The van der Waals surface area contributed by atoms with Gasteiger partial charge in [0, 0.05) is 12.1 Å². The normalized spacial score (nSPS) is 19.8. The van der Waals surface area contributed by atoms with E-state index < -0.39 is 10.0 Å². The second-order valence-corrected chi connectivity index (χ2v) is 6.57. The number of carbonyl (C=O) groups is 1. The van der Waals surface area contributed by atoms with Crippen LogP contribution in [0.1, 0.15) is 16.8 Å². The smallest absolute Gasteiger partial charge is 0.211 e. The molecule has 20 heavy (non-hydrogen) atoms. The molecule has 108 valence electrons. The molecular formula is C12H14N2O5S. The van der Waals surface area contributed by atoms with Crippen LogP contribution in [-0.2, 0) is 10.0 Å². The Bertz CT molecular complexity index is 629. The average Bonchev–Trinajstić information content (AvgIpc) is 2.87. The Morgan fingerprint density at radius 2 is 2.20 bits per heavy atom. The maximum atomic E-state index is 11.4. The number of ether oxygens (including phenoxy) is 1. The quantitative estimate of drug-likeness (QED) is 0.603. The number of carbonyl (C=O) groups excluding carboxylic acids is 1. The Hall–Kier alpha value is -1.80. The van der Waals surface area contributed by atoms with Crippen LogP contribution in [-0.4, -0.2) is 44.5 Å². The summed E-state index contributed by atoms with van der Waals surface area (Å²) in [6.45, 7) is 0.631. The molecule has 0 spiro atoms. The molecule has 0 aliphatic carbocycles. The predicted octanol–water partition coefficient (Wildman–Crippen LogP) is 1.31. The van der Waals surface area contributed by atoms with E-state index in [9.17, 15) is 18.1 Å². The molecule has 0 radical (unpaired) electrons. The van der Waals surface area contributed by atoms with Gasteiger partial charge in [-0.05, 0) is 29.8 Å². The summed E-state index contributed by atoms with van der Waals surface area (Å²) < 4.78 is 29.7. The third kappa shape index (κ3) is 3.20. The first-order chi connectivity index (χ1) is 9.44. The summed E-state index contributed by atoms with van der Waals surface area (Å²) >= 11 is 0. The zero-order valence-electron chi connectivity index (χ0n) is 10.9. The van der Waals surface area contributed by atoms with Crippen molar-refractivity contribution in [1.82, 2.24) is 4.31 Å². The number of benzene rings is 1. The van der Waals surface area contributed by atoms with Crippen LogP contribution in [0.3, 0.4) is 0 Å². The Morgan fingerprint density at radius 3 is 2.75 bits per heavy atom. The summed E-state index contributed by atoms with van der Waals surface area (Å²) in [5.41, 5.74) is 0.364. The highest BCUT2D eigenvalue weighted by Gasteiger charge is 2.30. The van der Waals surface area contributed by atoms with Crippen molar-refractivity contribution < 1.29 is 17.9 Å². The van der Waals surface area contributed by atoms with Crippen LogP contribution < -0.4 is 4.74 Å². The zero-order valence-corrected chi connectivity index (χ0v) is 11.7. The van der Waals surface area contributed by atoms with Crippen molar-refractivity contribution in [1.29, 1.82) is 0 Å². The van der Waals surface area contributed by atoms with E-state index in [1.165, 1.54) is 22.5 Å². The van der Waals surface area contributed by atoms with E-state index in [4.69, 9.17) is 4.74 Å². The van der Waals surface area contributed by atoms with Crippen LogP contribution in [0.4, 0.5) is 5.69 Å². The molecule has 1 heterocycles. The van der Waals surface area contributed by atoms with Gasteiger partial charge in [-0.25, -0.2) is 8.42 Å². The standard InChI is InChI=1S/C12H14N2O5S/c1-20(17,18)14-5-4-10(7-14)19-12-3-2-9(8-15)6-11(12)13-16/h2-3,6,8,10H,4-5,7H2,1H3/t10-/m1/s1. The maximum absolute atomic E-state index is 11.4. The minimum Gasteiger partial charge on any atom is -0.487 e. The molecule has 0 bridgehead atoms. The third-order valence-electron chi connectivity index (χ3n) is 3.09. The van der Waals surface area contributed by atoms with Crippen molar-refractivity contribution >= 4 is 22.0 Å². The minimum atomic E-state index is -3.23. The lowest BCUT2D eigenvalue weighted by Crippen LogP contribution is -2.29. The first-order valence-electron chi connectivity index (χ1n) is 5.98. The molecule has 7 nitrogen and oxygen atoms in total. The molecule has 1 aliphatic rings. The monoisotopic (exact) mass is 298 g/mol. The van der Waals surface area contributed by atoms with Gasteiger partial charge in [0.1, 0.15) is 18.1 Å². The Kier molecular flexibility index (Phi) is 4.15. The summed E-state index contributed by atoms with van der Waals surface area (Å²) in [4.78, 5) is 21.4. The topological polar surface area (TPSA) is 93.1 Å². The first kappa shape index (κ1) is 14.6. The molecule has 2 rings (SSSR count). The number of hydrogen-bond acceptors (Lipinski definition) is 6. The van der Waals surface area contributed by atoms with Crippen molar-refractivity contribution in [2.24, 2.45) is 5.18 Å². The fourth-order valence-electron chi connectivity index (χ4n) is 2.05. The predicted molar refractivity (Wildman–Crippen MR) is 72.7 cm³/mol. The lowest BCUT2D eigenvalue weighted by Gasteiger charge is -2.15. The lowest BCUT2D eigenvalue weighted by molar-refractivity contribution is 0.112. The molecule has 0 N–H and O–H groups in total. The molecule has 1 aliphatic heterocycles. The highest BCUT2D eigenvalue weighted by atomic mass is 32.2. The van der Waals surface area contributed by atoms with Gasteiger partial charge in [0.05, 0.1) is 12.8 Å². The lowest BCUT2D eigenvalue weighted by atomic mass is 10.2. The van der Waals surface area contributed by atoms with E-state index in [1.807, 2.05) is 0 Å². The van der Waals surface area contributed by atoms with E-state index in [2.05, 4.69) is 5.18 Å². The average molecular weight is 298 g/mol. The molecule has 1 aromatic carbocycles. The van der Waals surface area contributed by atoms with E-state index in [0.29, 0.717) is 24.8 Å². The molecule has 1 atom stereocenters. The van der Waals surface area contributed by atoms with Crippen LogP contribution in [0.15, 0.2) is 23.4 Å². The van der Waals surface area contributed by atoms with Gasteiger partial charge in [0.2, 0.25) is 10.0 Å². The number of sulfonamides is 1. The Labute approximate surface area is 116 Å². The molecule has 1 saturated heterocycles. The van der Waals surface area contributed by atoms with Gasteiger partial charge in [-0.3, -0.25) is 4.79 Å². The fourth-order valence-corrected chi connectivity index (χ4v) is 2.93. The summed E-state index contributed by atoms with van der Waals surface area (Å²) in [5, 5.41) is 2.82. The van der Waals surface area contributed by atoms with Crippen LogP contribution in [0.2, 0.25) is 0 Å². The summed E-state index contributed by atoms with van der Waals surface area (Å²) in [5.74, 6) is 0.256. The number of aldehydes is 1. The second-order valence-electron chi connectivity index (χ2n) is 4.59. The Morgan fingerprint density at radius 1 is 1.45 bits per heavy atom. The molecule has 1 fully saturated rings. The number of nitrogens with zero attached hydrogens (tertiary/aromatic N) is 2. The Balaban J connectivity index is 2.12. The highest BCUT2D eigenvalue weighted by Crippen LogP contribution is 2.30. The van der Waals surface area contributed by atoms with Crippen LogP contribution in [0.25, 0.3) is 0 Å². The molecule has 0 unspecified atom stereocenters. The molecule has 0 saturated carbocycles. The summed E-state index contributed by atoms with van der Waals surface area (Å²) in [6.07, 6.45) is 1.97. The van der Waals surface area contributed by atoms with Gasteiger partial charge in [0.15, 0.2) is 5.69 Å². The van der Waals surface area contributed by atoms with Crippen LogP contribution >= 0.6 is 0 Å². The second kappa shape index (κ2) is 5.68. The summed E-state index contributed by atoms with van der Waals surface area (Å²) in [6, 6.07) is 4.34. The van der Waals surface area contributed by atoms with Crippen LogP contribution in [0.5, 0.6) is 5.75 Å². The van der Waals surface area contributed by atoms with E-state index in [1.54, 1.807) is 0 Å². The van der Waals surface area contributed by atoms with E-state index in [0.717, 1.165) is 6.26 Å². The summed E-state index contributed by atoms with van der Waals surface area (Å²) in [7, 11) is -3.23. The van der Waals surface area contributed by atoms with Gasteiger partial charge in [-0.2, -0.15) is 4.31 Å². The first-order valence-corrected chi connectivity index (χ1v) is 7.83. The largest absolute Gasteiger partial charge is 0.487 e. The van der Waals surface area contributed by atoms with Gasteiger partial charge < -0.3 is 4.74 Å². The van der Waals surface area contributed by atoms with Crippen molar-refractivity contribution in [2.45, 2.75) is 12.5 Å². The van der Waals surface area contributed by atoms with E-state index >= 15 is 0 Å². The van der Waals surface area contributed by atoms with Crippen molar-refractivity contribution in [2.75, 3.05) is 19.3 Å². The van der Waals surface area contributed by atoms with Crippen molar-refractivity contribution in [3.05, 3.63) is 28.7 Å². The highest BCUT2D eigenvalue weighted by molar-refractivity contribution is 7.88. The minimum absolute atomic E-state index is 0.0346. The van der Waals surface area contributed by atoms with E-state index in [-0.39, 0.29) is 24.1 Å². The molecular weight excluding hydrogens is 284 g/mol. The molecule has 0 aromatic heterocycles. The van der Waals surface area contributed by atoms with Gasteiger partial charge in [-0.15, -0.1) is 4.91 Å². The van der Waals surface area contributed by atoms with Crippen molar-refractivity contribution in [3.63, 3.8) is 0 Å². The number of rotatable bonds is 5. The third-order valence-corrected chi connectivity index (χ3v) is 4.36. The molecule has 8 heteroatoms. The number of nitroso groups, excluding NO2 is 1. The van der Waals surface area contributed by atoms with Gasteiger partial charge in [0.25, 0.3) is 0 Å². The molecule has 0 amide bonds. The zero-order chi connectivity index (χ0) is 14.8. The maximum Gasteiger partial charge on any atom is 0.211 e. The van der Waals surface area contributed by atoms with Crippen LogP contribution in [0, 0.1) is 4.91 Å². The molecule has 1 aromatic rings. The van der Waals surface area contributed by atoms with Gasteiger partial charge in [-0.1, -0.05) is 0 Å². The number of hydrogen-bond donors (Lipinski definition) is 0.